The van der Waals surface area contributed by atoms with Crippen molar-refractivity contribution in [3.63, 3.8) is 0 Å². The molecule has 33 heavy (non-hydrogen) atoms. The van der Waals surface area contributed by atoms with Crippen LogP contribution in [0.4, 0.5) is 11.4 Å². The fourth-order valence-electron chi connectivity index (χ4n) is 2.55. The first-order valence-electron chi connectivity index (χ1n) is 9.94. The van der Waals surface area contributed by atoms with Crippen LogP contribution >= 0.6 is 11.8 Å². The molecule has 0 saturated carbocycles. The molecule has 12 heteroatoms. The van der Waals surface area contributed by atoms with Crippen LogP contribution in [0.3, 0.4) is 0 Å². The Morgan fingerprint density at radius 1 is 1.00 bits per heavy atom. The van der Waals surface area contributed by atoms with Gasteiger partial charge in [-0.25, -0.2) is 13.2 Å². The molecule has 0 bridgehead atoms. The normalized spacial score (nSPS) is 11.1. The van der Waals surface area contributed by atoms with Gasteiger partial charge in [0.05, 0.1) is 23.7 Å². The Labute approximate surface area is 195 Å². The van der Waals surface area contributed by atoms with Crippen LogP contribution in [0, 0.1) is 0 Å². The minimum Gasteiger partial charge on any atom is -0.462 e. The number of nitrogens with one attached hydrogen (secondary N) is 2. The fourth-order valence-corrected chi connectivity index (χ4v) is 3.75. The first-order valence-corrected chi connectivity index (χ1v) is 12.6. The lowest BCUT2D eigenvalue weighted by molar-refractivity contribution is -0.113. The predicted octanol–water partition coefficient (Wildman–Crippen LogP) is 3.41. The zero-order chi connectivity index (χ0) is 23.8. The van der Waals surface area contributed by atoms with Gasteiger partial charge in [0, 0.05) is 16.9 Å². The van der Waals surface area contributed by atoms with Crippen molar-refractivity contribution in [2.75, 3.05) is 28.2 Å². The number of aromatic nitrogens is 2. The maximum atomic E-state index is 12.2. The Morgan fingerprint density at radius 2 is 1.67 bits per heavy atom. The number of thioether (sulfide) groups is 1. The molecule has 1 aromatic heterocycles. The molecule has 174 valence electrons. The molecule has 0 unspecified atom stereocenters. The number of benzene rings is 2. The topological polar surface area (TPSA) is 140 Å². The van der Waals surface area contributed by atoms with Gasteiger partial charge in [-0.2, -0.15) is 0 Å². The number of carbonyl (C=O) groups excluding carboxylic acids is 2. The van der Waals surface area contributed by atoms with Crippen LogP contribution in [0.2, 0.25) is 0 Å². The third-order valence-electron chi connectivity index (χ3n) is 4.20. The van der Waals surface area contributed by atoms with Gasteiger partial charge < -0.3 is 14.5 Å². The maximum absolute atomic E-state index is 12.2. The van der Waals surface area contributed by atoms with E-state index < -0.39 is 16.0 Å². The van der Waals surface area contributed by atoms with E-state index in [0.717, 1.165) is 11.8 Å². The minimum atomic E-state index is -3.36. The van der Waals surface area contributed by atoms with Gasteiger partial charge in [-0.1, -0.05) is 11.8 Å². The third-order valence-corrected chi connectivity index (χ3v) is 6.32. The molecule has 3 rings (SSSR count). The Hall–Kier alpha value is -3.38. The number of amides is 1. The lowest BCUT2D eigenvalue weighted by Crippen LogP contribution is -2.14. The number of anilines is 2. The van der Waals surface area contributed by atoms with Gasteiger partial charge in [0.15, 0.2) is 0 Å². The van der Waals surface area contributed by atoms with Gasteiger partial charge in [0.2, 0.25) is 21.8 Å². The van der Waals surface area contributed by atoms with Crippen molar-refractivity contribution >= 4 is 45.0 Å². The van der Waals surface area contributed by atoms with Crippen molar-refractivity contribution in [1.82, 2.24) is 10.2 Å². The Balaban J connectivity index is 1.52. The molecule has 0 radical (unpaired) electrons. The van der Waals surface area contributed by atoms with Gasteiger partial charge in [-0.05, 0) is 62.4 Å². The molecule has 10 nitrogen and oxygen atoms in total. The molecule has 0 aliphatic rings. The smallest absolute Gasteiger partial charge is 0.338 e. The Morgan fingerprint density at radius 3 is 2.30 bits per heavy atom. The van der Waals surface area contributed by atoms with Crippen LogP contribution in [0.25, 0.3) is 11.5 Å². The average molecular weight is 491 g/mol. The van der Waals surface area contributed by atoms with Crippen LogP contribution in [0.1, 0.15) is 24.2 Å². The molecule has 1 heterocycles. The predicted molar refractivity (Wildman–Crippen MR) is 125 cm³/mol. The monoisotopic (exact) mass is 490 g/mol. The van der Waals surface area contributed by atoms with Gasteiger partial charge in [0.1, 0.15) is 0 Å². The lowest BCUT2D eigenvalue weighted by Gasteiger charge is -2.06. The number of nitrogens with zero attached hydrogens (tertiary/aromatic N) is 2. The standard InChI is InChI=1S/C21H22N4O6S2/c1-3-30-20(27)15-7-9-16(10-8-15)22-18(26)13-32-21-24-23-19(31-21)14-5-11-17(12-6-14)25-33(28,29)4-2/h5-12,25H,3-4,13H2,1-2H3,(H,22,26). The molecular formula is C21H22N4O6S2. The second kappa shape index (κ2) is 11.0. The first-order chi connectivity index (χ1) is 15.8. The zero-order valence-electron chi connectivity index (χ0n) is 17.9. The summed E-state index contributed by atoms with van der Waals surface area (Å²) in [7, 11) is -3.36. The number of ether oxygens (including phenoxy) is 1. The summed E-state index contributed by atoms with van der Waals surface area (Å²) in [5.41, 5.74) is 1.98. The molecule has 0 fully saturated rings. The molecule has 1 amide bonds. The first kappa shape index (κ1) is 24.3. The summed E-state index contributed by atoms with van der Waals surface area (Å²) in [6.45, 7) is 3.57. The SMILES string of the molecule is CCOC(=O)c1ccc(NC(=O)CSc2nnc(-c3ccc(NS(=O)(=O)CC)cc3)o2)cc1. The number of rotatable bonds is 10. The van der Waals surface area contributed by atoms with Crippen LogP contribution in [0.15, 0.2) is 58.2 Å². The van der Waals surface area contributed by atoms with Crippen molar-refractivity contribution in [3.05, 3.63) is 54.1 Å². The van der Waals surface area contributed by atoms with Crippen molar-refractivity contribution in [1.29, 1.82) is 0 Å². The number of carbonyl (C=O) groups is 2. The second-order valence-electron chi connectivity index (χ2n) is 6.59. The van der Waals surface area contributed by atoms with E-state index in [2.05, 4.69) is 20.2 Å². The summed E-state index contributed by atoms with van der Waals surface area (Å²) in [4.78, 5) is 23.9. The summed E-state index contributed by atoms with van der Waals surface area (Å²) >= 11 is 1.07. The van der Waals surface area contributed by atoms with E-state index in [-0.39, 0.29) is 35.1 Å². The summed E-state index contributed by atoms with van der Waals surface area (Å²) in [5.74, 6) is -0.437. The Kier molecular flexibility index (Phi) is 8.06. The van der Waals surface area contributed by atoms with Gasteiger partial charge in [-0.15, -0.1) is 10.2 Å². The number of esters is 1. The molecule has 2 aromatic carbocycles. The van der Waals surface area contributed by atoms with Gasteiger partial charge in [0.25, 0.3) is 5.22 Å². The Bertz CT molecular complexity index is 1210. The summed E-state index contributed by atoms with van der Waals surface area (Å²) in [6, 6.07) is 12.9. The van der Waals surface area contributed by atoms with E-state index in [4.69, 9.17) is 9.15 Å². The minimum absolute atomic E-state index is 0.0223. The second-order valence-corrected chi connectivity index (χ2v) is 9.53. The van der Waals surface area contributed by atoms with Crippen molar-refractivity contribution in [3.8, 4) is 11.5 Å². The van der Waals surface area contributed by atoms with Crippen LogP contribution in [-0.4, -0.2) is 48.6 Å². The van der Waals surface area contributed by atoms with Crippen molar-refractivity contribution in [2.24, 2.45) is 0 Å². The zero-order valence-corrected chi connectivity index (χ0v) is 19.5. The van der Waals surface area contributed by atoms with E-state index in [9.17, 15) is 18.0 Å². The van der Waals surface area contributed by atoms with Gasteiger partial charge in [-0.3, -0.25) is 9.52 Å². The quantitative estimate of drug-likeness (QED) is 0.323. The molecule has 0 atom stereocenters. The number of hydrogen-bond donors (Lipinski definition) is 2. The van der Waals surface area contributed by atoms with Crippen LogP contribution in [-0.2, 0) is 19.6 Å². The summed E-state index contributed by atoms with van der Waals surface area (Å²) < 4.78 is 36.2. The average Bonchev–Trinajstić information content (AvgIpc) is 3.28. The molecule has 3 aromatic rings. The van der Waals surface area contributed by atoms with E-state index in [0.29, 0.717) is 22.5 Å². The highest BCUT2D eigenvalue weighted by molar-refractivity contribution is 7.99. The molecule has 0 aliphatic heterocycles. The van der Waals surface area contributed by atoms with Crippen LogP contribution in [0.5, 0.6) is 0 Å². The third kappa shape index (κ3) is 7.05. The lowest BCUT2D eigenvalue weighted by atomic mass is 10.2. The molecule has 0 aliphatic carbocycles. The summed E-state index contributed by atoms with van der Waals surface area (Å²) in [5, 5.41) is 10.8. The molecule has 2 N–H and O–H groups in total. The molecule has 0 spiro atoms. The van der Waals surface area contributed by atoms with Crippen molar-refractivity contribution in [2.45, 2.75) is 19.1 Å². The van der Waals surface area contributed by atoms with E-state index >= 15 is 0 Å². The summed E-state index contributed by atoms with van der Waals surface area (Å²) in [6.07, 6.45) is 0. The maximum Gasteiger partial charge on any atom is 0.338 e. The highest BCUT2D eigenvalue weighted by Gasteiger charge is 2.13. The largest absolute Gasteiger partial charge is 0.462 e. The number of sulfonamides is 1. The van der Waals surface area contributed by atoms with E-state index in [1.807, 2.05) is 0 Å². The van der Waals surface area contributed by atoms with E-state index in [1.165, 1.54) is 0 Å². The highest BCUT2D eigenvalue weighted by Crippen LogP contribution is 2.25. The highest BCUT2D eigenvalue weighted by atomic mass is 32.2. The number of hydrogen-bond acceptors (Lipinski definition) is 9. The fraction of sp³-hybridized carbons (Fsp3) is 0.238. The molecule has 0 saturated heterocycles. The van der Waals surface area contributed by atoms with Crippen LogP contribution < -0.4 is 10.0 Å². The van der Waals surface area contributed by atoms with E-state index in [1.54, 1.807) is 62.4 Å². The van der Waals surface area contributed by atoms with Gasteiger partial charge >= 0.3 is 5.97 Å². The molecular weight excluding hydrogens is 468 g/mol. The van der Waals surface area contributed by atoms with Crippen molar-refractivity contribution < 1.29 is 27.2 Å².